The molecule has 0 radical (unpaired) electrons. The highest BCUT2D eigenvalue weighted by atomic mass is 35.5. The van der Waals surface area contributed by atoms with Crippen LogP contribution in [0.5, 0.6) is 0 Å². The van der Waals surface area contributed by atoms with Gasteiger partial charge in [0, 0.05) is 22.9 Å². The molecule has 17 heavy (non-hydrogen) atoms. The Kier molecular flexibility index (Phi) is 6.04. The molecule has 0 aliphatic carbocycles. The van der Waals surface area contributed by atoms with Crippen molar-refractivity contribution in [1.82, 2.24) is 5.32 Å². The van der Waals surface area contributed by atoms with E-state index in [-0.39, 0.29) is 11.7 Å². The molecule has 4 nitrogen and oxygen atoms in total. The van der Waals surface area contributed by atoms with Gasteiger partial charge in [0.2, 0.25) is 5.91 Å². The zero-order valence-corrected chi connectivity index (χ0v) is 10.7. The molecule has 0 aliphatic rings. The third-order valence-electron chi connectivity index (χ3n) is 1.85. The molecule has 0 atom stereocenters. The maximum atomic E-state index is 11.6. The Morgan fingerprint density at radius 1 is 1.29 bits per heavy atom. The van der Waals surface area contributed by atoms with Gasteiger partial charge in [-0.2, -0.15) is 11.8 Å². The van der Waals surface area contributed by atoms with Crippen molar-refractivity contribution in [1.29, 1.82) is 0 Å². The monoisotopic (exact) mass is 272 g/mol. The number of carbonyl (C=O) groups excluding carboxylic acids is 2. The van der Waals surface area contributed by atoms with Crippen LogP contribution in [0.25, 0.3) is 0 Å². The third kappa shape index (κ3) is 5.21. The van der Waals surface area contributed by atoms with Crippen LogP contribution in [0.15, 0.2) is 24.3 Å². The molecule has 0 aromatic heterocycles. The summed E-state index contributed by atoms with van der Waals surface area (Å²) in [5.74, 6) is 0.197. The lowest BCUT2D eigenvalue weighted by molar-refractivity contribution is -0.117. The second kappa shape index (κ2) is 7.32. The number of hydrogen-bond acceptors (Lipinski definition) is 4. The minimum absolute atomic E-state index is 0.233. The molecule has 2 amide bonds. The fourth-order valence-electron chi connectivity index (χ4n) is 1.08. The number of carbonyl (C=O) groups is 2. The van der Waals surface area contributed by atoms with Gasteiger partial charge in [-0.15, -0.1) is 0 Å². The van der Waals surface area contributed by atoms with E-state index in [4.69, 9.17) is 17.3 Å². The van der Waals surface area contributed by atoms with Crippen molar-refractivity contribution in [3.8, 4) is 0 Å². The number of halogens is 1. The minimum atomic E-state index is -0.417. The van der Waals surface area contributed by atoms with Gasteiger partial charge in [-0.1, -0.05) is 11.6 Å². The molecule has 0 saturated heterocycles. The van der Waals surface area contributed by atoms with Crippen LogP contribution in [0.1, 0.15) is 10.4 Å². The van der Waals surface area contributed by atoms with Crippen molar-refractivity contribution in [2.75, 3.05) is 18.1 Å². The maximum Gasteiger partial charge on any atom is 0.257 e. The smallest absolute Gasteiger partial charge is 0.257 e. The lowest BCUT2D eigenvalue weighted by Crippen LogP contribution is -2.32. The first-order valence-electron chi connectivity index (χ1n) is 5.01. The van der Waals surface area contributed by atoms with Crippen molar-refractivity contribution < 1.29 is 9.59 Å². The van der Waals surface area contributed by atoms with Crippen molar-refractivity contribution in [3.63, 3.8) is 0 Å². The van der Waals surface area contributed by atoms with Crippen molar-refractivity contribution in [2.24, 2.45) is 5.73 Å². The van der Waals surface area contributed by atoms with Gasteiger partial charge in [-0.3, -0.25) is 14.9 Å². The van der Waals surface area contributed by atoms with Crippen molar-refractivity contribution in [3.05, 3.63) is 34.9 Å². The Hall–Kier alpha value is -1.04. The summed E-state index contributed by atoms with van der Waals surface area (Å²) in [6, 6.07) is 6.34. The molecule has 0 spiro atoms. The molecule has 1 aromatic rings. The van der Waals surface area contributed by atoms with Gasteiger partial charge in [0.25, 0.3) is 5.91 Å². The van der Waals surface area contributed by atoms with Crippen molar-refractivity contribution >= 4 is 35.2 Å². The number of amides is 2. The summed E-state index contributed by atoms with van der Waals surface area (Å²) in [6.07, 6.45) is 0. The Morgan fingerprint density at radius 2 is 1.94 bits per heavy atom. The predicted molar refractivity (Wildman–Crippen MR) is 70.3 cm³/mol. The van der Waals surface area contributed by atoms with Gasteiger partial charge in [-0.05, 0) is 24.3 Å². The number of thioether (sulfide) groups is 1. The zero-order chi connectivity index (χ0) is 12.7. The molecule has 0 heterocycles. The average Bonchev–Trinajstić information content (AvgIpc) is 2.30. The van der Waals surface area contributed by atoms with E-state index in [0.717, 1.165) is 0 Å². The second-order valence-corrected chi connectivity index (χ2v) is 4.77. The molecule has 3 N–H and O–H groups in total. The highest BCUT2D eigenvalue weighted by molar-refractivity contribution is 7.99. The third-order valence-corrected chi connectivity index (χ3v) is 3.10. The summed E-state index contributed by atoms with van der Waals surface area (Å²) in [4.78, 5) is 22.9. The topological polar surface area (TPSA) is 72.2 Å². The van der Waals surface area contributed by atoms with E-state index in [2.05, 4.69) is 5.32 Å². The zero-order valence-electron chi connectivity index (χ0n) is 9.11. The van der Waals surface area contributed by atoms with E-state index in [0.29, 0.717) is 22.9 Å². The van der Waals surface area contributed by atoms with E-state index >= 15 is 0 Å². The van der Waals surface area contributed by atoms with Crippen LogP contribution in [-0.4, -0.2) is 29.9 Å². The van der Waals surface area contributed by atoms with Gasteiger partial charge in [0.15, 0.2) is 0 Å². The Bertz CT molecular complexity index is 395. The Morgan fingerprint density at radius 3 is 2.53 bits per heavy atom. The Balaban J connectivity index is 2.43. The minimum Gasteiger partial charge on any atom is -0.330 e. The summed E-state index contributed by atoms with van der Waals surface area (Å²) >= 11 is 7.08. The number of rotatable bonds is 5. The quantitative estimate of drug-likeness (QED) is 0.793. The van der Waals surface area contributed by atoms with Crippen LogP contribution in [0.2, 0.25) is 5.02 Å². The average molecular weight is 273 g/mol. The van der Waals surface area contributed by atoms with Gasteiger partial charge in [0.1, 0.15) is 0 Å². The second-order valence-electron chi connectivity index (χ2n) is 3.23. The first-order valence-corrected chi connectivity index (χ1v) is 6.54. The summed E-state index contributed by atoms with van der Waals surface area (Å²) in [5, 5.41) is 2.84. The molecule has 0 saturated carbocycles. The molecule has 1 aromatic carbocycles. The van der Waals surface area contributed by atoms with Crippen LogP contribution >= 0.6 is 23.4 Å². The van der Waals surface area contributed by atoms with Crippen LogP contribution in [-0.2, 0) is 4.79 Å². The number of nitrogens with two attached hydrogens (primary N) is 1. The lowest BCUT2D eigenvalue weighted by atomic mass is 10.2. The van der Waals surface area contributed by atoms with Gasteiger partial charge in [0.05, 0.1) is 5.75 Å². The van der Waals surface area contributed by atoms with Crippen LogP contribution < -0.4 is 11.1 Å². The van der Waals surface area contributed by atoms with Crippen LogP contribution in [0, 0.1) is 0 Å². The molecule has 0 fully saturated rings. The number of benzene rings is 1. The molecule has 6 heteroatoms. The molecular weight excluding hydrogens is 260 g/mol. The molecular formula is C11H13ClN2O2S. The SMILES string of the molecule is NCCSCC(=O)NC(=O)c1ccc(Cl)cc1. The van der Waals surface area contributed by atoms with Crippen LogP contribution in [0.3, 0.4) is 0 Å². The van der Waals surface area contributed by atoms with Gasteiger partial charge in [-0.25, -0.2) is 0 Å². The van der Waals surface area contributed by atoms with E-state index in [9.17, 15) is 9.59 Å². The highest BCUT2D eigenvalue weighted by Crippen LogP contribution is 2.09. The molecule has 92 valence electrons. The fraction of sp³-hybridized carbons (Fsp3) is 0.273. The largest absolute Gasteiger partial charge is 0.330 e. The predicted octanol–water partition coefficient (Wildman–Crippen LogP) is 1.29. The molecule has 0 bridgehead atoms. The molecule has 1 rings (SSSR count). The standard InChI is InChI=1S/C11H13ClN2O2S/c12-9-3-1-8(2-4-9)11(16)14-10(15)7-17-6-5-13/h1-4H,5-7,13H2,(H,14,15,16). The normalized spacial score (nSPS) is 10.0. The van der Waals surface area contributed by atoms with E-state index < -0.39 is 5.91 Å². The first kappa shape index (κ1) is 14.0. The van der Waals surface area contributed by atoms with Gasteiger partial charge < -0.3 is 5.73 Å². The van der Waals surface area contributed by atoms with E-state index in [1.165, 1.54) is 11.8 Å². The summed E-state index contributed by atoms with van der Waals surface area (Å²) < 4.78 is 0. The summed E-state index contributed by atoms with van der Waals surface area (Å²) in [6.45, 7) is 0.517. The molecule has 0 aliphatic heterocycles. The van der Waals surface area contributed by atoms with Gasteiger partial charge >= 0.3 is 0 Å². The lowest BCUT2D eigenvalue weighted by Gasteiger charge is -2.03. The summed E-state index contributed by atoms with van der Waals surface area (Å²) in [7, 11) is 0. The summed E-state index contributed by atoms with van der Waals surface area (Å²) in [5.41, 5.74) is 5.70. The number of nitrogens with one attached hydrogen (secondary N) is 1. The van der Waals surface area contributed by atoms with E-state index in [1.807, 2.05) is 0 Å². The first-order chi connectivity index (χ1) is 8.13. The highest BCUT2D eigenvalue weighted by Gasteiger charge is 2.09. The van der Waals surface area contributed by atoms with Crippen molar-refractivity contribution in [2.45, 2.75) is 0 Å². The maximum absolute atomic E-state index is 11.6. The Labute approximate surface area is 109 Å². The van der Waals surface area contributed by atoms with Crippen LogP contribution in [0.4, 0.5) is 0 Å². The number of imide groups is 1. The number of hydrogen-bond donors (Lipinski definition) is 2. The molecule has 0 unspecified atom stereocenters. The fourth-order valence-corrected chi connectivity index (χ4v) is 1.78. The van der Waals surface area contributed by atoms with E-state index in [1.54, 1.807) is 24.3 Å².